The van der Waals surface area contributed by atoms with E-state index in [0.29, 0.717) is 24.6 Å². The van der Waals surface area contributed by atoms with Gasteiger partial charge in [0.1, 0.15) is 24.5 Å². The van der Waals surface area contributed by atoms with E-state index in [1.807, 2.05) is 18.2 Å². The number of anilines is 1. The summed E-state index contributed by atoms with van der Waals surface area (Å²) in [5, 5.41) is 15.4. The van der Waals surface area contributed by atoms with Gasteiger partial charge in [-0.1, -0.05) is 25.1 Å². The van der Waals surface area contributed by atoms with Crippen LogP contribution in [0, 0.1) is 6.92 Å². The van der Waals surface area contributed by atoms with Crippen LogP contribution < -0.4 is 10.6 Å². The average molecular weight is 555 g/mol. The minimum Gasteiger partial charge on any atom is -0.480 e. The van der Waals surface area contributed by atoms with Crippen molar-refractivity contribution in [3.05, 3.63) is 94.2 Å². The molecule has 1 aliphatic rings. The summed E-state index contributed by atoms with van der Waals surface area (Å²) in [6.45, 7) is 4.01. The predicted octanol–water partition coefficient (Wildman–Crippen LogP) is 4.65. The van der Waals surface area contributed by atoms with Gasteiger partial charge in [0.25, 0.3) is 5.91 Å². The number of benzene rings is 2. The number of nitrogens with one attached hydrogen (secondary N) is 2. The molecule has 11 heteroatoms. The first kappa shape index (κ1) is 28.6. The average Bonchev–Trinajstić information content (AvgIpc) is 3.40. The molecule has 1 aromatic heterocycles. The van der Waals surface area contributed by atoms with E-state index in [9.17, 15) is 27.9 Å². The third kappa shape index (κ3) is 6.96. The molecule has 0 spiro atoms. The zero-order chi connectivity index (χ0) is 28.9. The third-order valence-electron chi connectivity index (χ3n) is 6.49. The van der Waals surface area contributed by atoms with Crippen molar-refractivity contribution in [1.82, 2.24) is 10.3 Å². The normalized spacial score (nSPS) is 15.6. The third-order valence-corrected chi connectivity index (χ3v) is 6.49. The number of carbonyl (C=O) groups is 2. The summed E-state index contributed by atoms with van der Waals surface area (Å²) in [5.41, 5.74) is 0.907. The molecule has 0 bridgehead atoms. The largest absolute Gasteiger partial charge is 0.480 e. The molecule has 3 N–H and O–H groups in total. The maximum absolute atomic E-state index is 13.2. The number of ether oxygens (including phenoxy) is 1. The summed E-state index contributed by atoms with van der Waals surface area (Å²) in [7, 11) is 0. The lowest BCUT2D eigenvalue weighted by Crippen LogP contribution is -2.43. The molecule has 4 rings (SSSR count). The summed E-state index contributed by atoms with van der Waals surface area (Å²) in [4.78, 5) is 33.8. The number of nitrogens with zero attached hydrogens (tertiary/aromatic N) is 2. The molecule has 3 aromatic rings. The number of hydrogen-bond acceptors (Lipinski definition) is 6. The van der Waals surface area contributed by atoms with Crippen LogP contribution in [0.2, 0.25) is 0 Å². The number of alkyl halides is 3. The Morgan fingerprint density at radius 1 is 1.15 bits per heavy atom. The molecule has 210 valence electrons. The molecule has 0 fully saturated rings. The van der Waals surface area contributed by atoms with Gasteiger partial charge in [0, 0.05) is 30.3 Å². The Balaban J connectivity index is 1.41. The van der Waals surface area contributed by atoms with Gasteiger partial charge in [0.2, 0.25) is 5.90 Å². The standard InChI is InChI=1S/C29H29F3N4O4/c1-3-19-14-21(29(30,31)32)12-17(2)25(19)26(37)36-23(28(38)39)13-18-7-9-20(10-8-18)27-35-22(16-40-27)15-34-24-6-4-5-11-33-24/h4-12,14,22-23H,3,13,15-16H2,1-2H3,(H,33,34)(H,36,37)(H,38,39). The van der Waals surface area contributed by atoms with Gasteiger partial charge < -0.3 is 20.5 Å². The van der Waals surface area contributed by atoms with Crippen LogP contribution >= 0.6 is 0 Å². The van der Waals surface area contributed by atoms with E-state index in [4.69, 9.17) is 4.74 Å². The summed E-state index contributed by atoms with van der Waals surface area (Å²) >= 11 is 0. The van der Waals surface area contributed by atoms with Gasteiger partial charge >= 0.3 is 12.1 Å². The molecule has 2 heterocycles. The molecule has 8 nitrogen and oxygen atoms in total. The lowest BCUT2D eigenvalue weighted by Gasteiger charge is -2.19. The fourth-order valence-electron chi connectivity index (χ4n) is 4.44. The number of amides is 1. The van der Waals surface area contributed by atoms with E-state index in [-0.39, 0.29) is 35.6 Å². The number of aryl methyl sites for hydroxylation is 2. The number of carbonyl (C=O) groups excluding carboxylic acids is 1. The van der Waals surface area contributed by atoms with Crippen LogP contribution in [0.4, 0.5) is 19.0 Å². The van der Waals surface area contributed by atoms with Gasteiger partial charge in [-0.25, -0.2) is 14.8 Å². The molecule has 0 radical (unpaired) electrons. The van der Waals surface area contributed by atoms with Gasteiger partial charge in [-0.15, -0.1) is 0 Å². The van der Waals surface area contributed by atoms with Crippen LogP contribution in [0.1, 0.15) is 45.1 Å². The smallest absolute Gasteiger partial charge is 0.416 e. The molecule has 0 saturated carbocycles. The zero-order valence-corrected chi connectivity index (χ0v) is 22.0. The van der Waals surface area contributed by atoms with E-state index in [2.05, 4.69) is 20.6 Å². The van der Waals surface area contributed by atoms with Crippen molar-refractivity contribution in [2.75, 3.05) is 18.5 Å². The van der Waals surface area contributed by atoms with E-state index in [0.717, 1.165) is 23.5 Å². The number of aromatic nitrogens is 1. The zero-order valence-electron chi connectivity index (χ0n) is 22.0. The maximum Gasteiger partial charge on any atom is 0.416 e. The second-order valence-electron chi connectivity index (χ2n) is 9.44. The van der Waals surface area contributed by atoms with E-state index in [1.54, 1.807) is 37.4 Å². The summed E-state index contributed by atoms with van der Waals surface area (Å²) < 4.78 is 45.4. The van der Waals surface area contributed by atoms with E-state index < -0.39 is 29.7 Å². The molecule has 40 heavy (non-hydrogen) atoms. The first-order chi connectivity index (χ1) is 19.0. The molecule has 0 saturated heterocycles. The Kier molecular flexibility index (Phi) is 8.71. The summed E-state index contributed by atoms with van der Waals surface area (Å²) in [6, 6.07) is 13.0. The Morgan fingerprint density at radius 2 is 1.90 bits per heavy atom. The molecular formula is C29H29F3N4O4. The first-order valence-electron chi connectivity index (χ1n) is 12.7. The lowest BCUT2D eigenvalue weighted by molar-refractivity contribution is -0.139. The van der Waals surface area contributed by atoms with Gasteiger partial charge in [0.05, 0.1) is 5.56 Å². The predicted molar refractivity (Wildman–Crippen MR) is 144 cm³/mol. The number of aliphatic carboxylic acids is 1. The number of hydrogen-bond donors (Lipinski definition) is 3. The fraction of sp³-hybridized carbons (Fsp3) is 0.310. The van der Waals surface area contributed by atoms with Gasteiger partial charge in [0.15, 0.2) is 0 Å². The van der Waals surface area contributed by atoms with Crippen molar-refractivity contribution in [2.24, 2.45) is 4.99 Å². The Bertz CT molecular complexity index is 1390. The minimum atomic E-state index is -4.55. The van der Waals surface area contributed by atoms with Gasteiger partial charge in [-0.3, -0.25) is 4.79 Å². The monoisotopic (exact) mass is 554 g/mol. The molecule has 2 atom stereocenters. The topological polar surface area (TPSA) is 113 Å². The quantitative estimate of drug-likeness (QED) is 0.336. The number of carboxylic acid groups (broad SMARTS) is 1. The van der Waals surface area contributed by atoms with Crippen molar-refractivity contribution in [1.29, 1.82) is 0 Å². The van der Waals surface area contributed by atoms with Crippen LogP contribution in [0.15, 0.2) is 65.8 Å². The number of pyridine rings is 1. The van der Waals surface area contributed by atoms with Crippen LogP contribution in [0.3, 0.4) is 0 Å². The van der Waals surface area contributed by atoms with Gasteiger partial charge in [-0.2, -0.15) is 13.2 Å². The second kappa shape index (κ2) is 12.2. The molecule has 2 unspecified atom stereocenters. The van der Waals surface area contributed by atoms with Crippen molar-refractivity contribution in [2.45, 2.75) is 44.9 Å². The summed E-state index contributed by atoms with van der Waals surface area (Å²) in [6.07, 6.45) is -2.69. The van der Waals surface area contributed by atoms with Crippen molar-refractivity contribution < 1.29 is 32.6 Å². The van der Waals surface area contributed by atoms with Crippen LogP contribution in [-0.4, -0.2) is 53.1 Å². The van der Waals surface area contributed by atoms with Crippen LogP contribution in [-0.2, 0) is 28.5 Å². The van der Waals surface area contributed by atoms with Crippen molar-refractivity contribution >= 4 is 23.6 Å². The first-order valence-corrected chi connectivity index (χ1v) is 12.7. The fourth-order valence-corrected chi connectivity index (χ4v) is 4.44. The number of aliphatic imine (C=N–C) groups is 1. The highest BCUT2D eigenvalue weighted by Crippen LogP contribution is 2.32. The Morgan fingerprint density at radius 3 is 2.52 bits per heavy atom. The van der Waals surface area contributed by atoms with E-state index >= 15 is 0 Å². The van der Waals surface area contributed by atoms with E-state index in [1.165, 1.54) is 6.92 Å². The number of halogens is 3. The highest BCUT2D eigenvalue weighted by molar-refractivity contribution is 5.99. The highest BCUT2D eigenvalue weighted by atomic mass is 19.4. The number of rotatable bonds is 10. The number of carboxylic acids is 1. The van der Waals surface area contributed by atoms with Crippen LogP contribution in [0.5, 0.6) is 0 Å². The van der Waals surface area contributed by atoms with Crippen molar-refractivity contribution in [3.8, 4) is 0 Å². The molecule has 0 aliphatic carbocycles. The lowest BCUT2D eigenvalue weighted by atomic mass is 9.95. The van der Waals surface area contributed by atoms with Gasteiger partial charge in [-0.05, 0) is 66.4 Å². The minimum absolute atomic E-state index is 0.0214. The molecule has 2 aromatic carbocycles. The maximum atomic E-state index is 13.2. The molecular weight excluding hydrogens is 525 g/mol. The molecule has 1 aliphatic heterocycles. The Hall–Kier alpha value is -4.41. The molecule has 1 amide bonds. The second-order valence-corrected chi connectivity index (χ2v) is 9.44. The Labute approximate surface area is 229 Å². The highest BCUT2D eigenvalue weighted by Gasteiger charge is 2.33. The van der Waals surface area contributed by atoms with Crippen LogP contribution in [0.25, 0.3) is 0 Å². The van der Waals surface area contributed by atoms with Crippen molar-refractivity contribution in [3.63, 3.8) is 0 Å². The summed E-state index contributed by atoms with van der Waals surface area (Å²) in [5.74, 6) is -0.764. The SMILES string of the molecule is CCc1cc(C(F)(F)F)cc(C)c1C(=O)NC(Cc1ccc(C2=NC(CNc3ccccn3)CO2)cc1)C(=O)O.